The number of likely N-dealkylation sites (tertiary alicyclic amines) is 1. The van der Waals surface area contributed by atoms with Crippen LogP contribution >= 0.6 is 11.3 Å². The molecule has 3 heterocycles. The van der Waals surface area contributed by atoms with Crippen LogP contribution in [-0.2, 0) is 11.2 Å². The number of benzene rings is 1. The van der Waals surface area contributed by atoms with Crippen LogP contribution < -0.4 is 4.90 Å². The summed E-state index contributed by atoms with van der Waals surface area (Å²) >= 11 is 1.59. The number of nitrogens with zero attached hydrogens (tertiary/aromatic N) is 5. The van der Waals surface area contributed by atoms with Gasteiger partial charge in [0.2, 0.25) is 11.0 Å². The zero-order chi connectivity index (χ0) is 18.6. The maximum absolute atomic E-state index is 13.0. The molecule has 0 aliphatic carbocycles. The van der Waals surface area contributed by atoms with Gasteiger partial charge in [-0.15, -0.1) is 10.2 Å². The monoisotopic (exact) mass is 389 g/mol. The van der Waals surface area contributed by atoms with E-state index < -0.39 is 0 Å². The number of anilines is 1. The Bertz CT molecular complexity index is 767. The standard InChI is InChI=1S/C19H24FN5OS/c20-16-5-3-15(4-6-16)13-17-21-22-19(27-17)25-11-9-23(10-12-25)14-18(26)24-7-1-2-8-24/h3-6H,1-2,7-14H2. The molecule has 2 saturated heterocycles. The van der Waals surface area contributed by atoms with Gasteiger partial charge in [0.1, 0.15) is 10.8 Å². The molecule has 2 aliphatic rings. The van der Waals surface area contributed by atoms with Crippen LogP contribution in [0.3, 0.4) is 0 Å². The molecule has 1 aromatic heterocycles. The van der Waals surface area contributed by atoms with Gasteiger partial charge in [0.25, 0.3) is 0 Å². The zero-order valence-corrected chi connectivity index (χ0v) is 16.1. The van der Waals surface area contributed by atoms with Crippen LogP contribution in [0.2, 0.25) is 0 Å². The number of halogens is 1. The van der Waals surface area contributed by atoms with Gasteiger partial charge >= 0.3 is 0 Å². The molecular weight excluding hydrogens is 365 g/mol. The summed E-state index contributed by atoms with van der Waals surface area (Å²) in [5.74, 6) is 0.0382. The highest BCUT2D eigenvalue weighted by molar-refractivity contribution is 7.15. The molecule has 0 atom stereocenters. The summed E-state index contributed by atoms with van der Waals surface area (Å²) in [7, 11) is 0. The molecule has 2 fully saturated rings. The fourth-order valence-electron chi connectivity index (χ4n) is 3.58. The Balaban J connectivity index is 1.27. The van der Waals surface area contributed by atoms with Crippen LogP contribution in [-0.4, -0.2) is 71.7 Å². The molecule has 0 N–H and O–H groups in total. The third-order valence-electron chi connectivity index (χ3n) is 5.19. The predicted molar refractivity (Wildman–Crippen MR) is 104 cm³/mol. The van der Waals surface area contributed by atoms with E-state index in [4.69, 9.17) is 0 Å². The first-order valence-electron chi connectivity index (χ1n) is 9.49. The molecular formula is C19H24FN5OS. The average molecular weight is 390 g/mol. The SMILES string of the molecule is O=C(CN1CCN(c2nnc(Cc3ccc(F)cc3)s2)CC1)N1CCCC1. The summed E-state index contributed by atoms with van der Waals surface area (Å²) in [5.41, 5.74) is 1.03. The van der Waals surface area contributed by atoms with E-state index in [2.05, 4.69) is 20.0 Å². The van der Waals surface area contributed by atoms with Crippen molar-refractivity contribution in [3.8, 4) is 0 Å². The van der Waals surface area contributed by atoms with Crippen molar-refractivity contribution < 1.29 is 9.18 Å². The first-order valence-corrected chi connectivity index (χ1v) is 10.3. The summed E-state index contributed by atoms with van der Waals surface area (Å²) in [6.07, 6.45) is 2.94. The maximum atomic E-state index is 13.0. The van der Waals surface area contributed by atoms with Crippen molar-refractivity contribution in [1.29, 1.82) is 0 Å². The van der Waals surface area contributed by atoms with Crippen molar-refractivity contribution in [2.45, 2.75) is 19.3 Å². The molecule has 8 heteroatoms. The van der Waals surface area contributed by atoms with Gasteiger partial charge in [-0.3, -0.25) is 9.69 Å². The van der Waals surface area contributed by atoms with Crippen molar-refractivity contribution >= 4 is 22.4 Å². The van der Waals surface area contributed by atoms with Gasteiger partial charge in [0.15, 0.2) is 0 Å². The quantitative estimate of drug-likeness (QED) is 0.783. The number of carbonyl (C=O) groups is 1. The Morgan fingerprint density at radius 1 is 1.00 bits per heavy atom. The topological polar surface area (TPSA) is 52.6 Å². The molecule has 2 aliphatic heterocycles. The summed E-state index contributed by atoms with van der Waals surface area (Å²) < 4.78 is 13.0. The summed E-state index contributed by atoms with van der Waals surface area (Å²) in [5, 5.41) is 10.5. The number of piperazine rings is 1. The van der Waals surface area contributed by atoms with E-state index in [1.807, 2.05) is 4.90 Å². The van der Waals surface area contributed by atoms with Gasteiger partial charge < -0.3 is 9.80 Å². The molecule has 0 radical (unpaired) electrons. The second kappa shape index (κ2) is 8.31. The van der Waals surface area contributed by atoms with Crippen molar-refractivity contribution in [3.05, 3.63) is 40.7 Å². The van der Waals surface area contributed by atoms with Crippen LogP contribution in [0.15, 0.2) is 24.3 Å². The minimum atomic E-state index is -0.224. The Hall–Kier alpha value is -2.06. The van der Waals surface area contributed by atoms with Crippen LogP contribution in [0.4, 0.5) is 9.52 Å². The van der Waals surface area contributed by atoms with E-state index in [1.165, 1.54) is 12.1 Å². The molecule has 0 bridgehead atoms. The van der Waals surface area contributed by atoms with Gasteiger partial charge in [0, 0.05) is 45.7 Å². The van der Waals surface area contributed by atoms with E-state index in [9.17, 15) is 9.18 Å². The van der Waals surface area contributed by atoms with E-state index >= 15 is 0 Å². The highest BCUT2D eigenvalue weighted by atomic mass is 32.1. The van der Waals surface area contributed by atoms with Gasteiger partial charge in [-0.1, -0.05) is 23.5 Å². The highest BCUT2D eigenvalue weighted by Crippen LogP contribution is 2.23. The van der Waals surface area contributed by atoms with Crippen molar-refractivity contribution in [3.63, 3.8) is 0 Å². The Labute approximate surface area is 162 Å². The molecule has 144 valence electrons. The van der Waals surface area contributed by atoms with Crippen LogP contribution in [0, 0.1) is 5.82 Å². The number of hydrogen-bond donors (Lipinski definition) is 0. The molecule has 27 heavy (non-hydrogen) atoms. The number of hydrogen-bond acceptors (Lipinski definition) is 6. The Kier molecular flexibility index (Phi) is 5.63. The summed E-state index contributed by atoms with van der Waals surface area (Å²) in [6, 6.07) is 6.51. The molecule has 4 rings (SSSR count). The predicted octanol–water partition coefficient (Wildman–Crippen LogP) is 2.01. The zero-order valence-electron chi connectivity index (χ0n) is 15.3. The van der Waals surface area contributed by atoms with E-state index in [0.717, 1.165) is 67.8 Å². The summed E-state index contributed by atoms with van der Waals surface area (Å²) in [4.78, 5) is 18.7. The first-order chi connectivity index (χ1) is 13.2. The number of carbonyl (C=O) groups excluding carboxylic acids is 1. The maximum Gasteiger partial charge on any atom is 0.236 e. The number of amides is 1. The molecule has 6 nitrogen and oxygen atoms in total. The normalized spacial score (nSPS) is 18.3. The molecule has 2 aromatic rings. The van der Waals surface area contributed by atoms with E-state index in [1.54, 1.807) is 23.5 Å². The van der Waals surface area contributed by atoms with Crippen LogP contribution in [0.25, 0.3) is 0 Å². The van der Waals surface area contributed by atoms with Gasteiger partial charge in [-0.05, 0) is 30.5 Å². The summed E-state index contributed by atoms with van der Waals surface area (Å²) in [6.45, 7) is 5.82. The van der Waals surface area contributed by atoms with Crippen molar-refractivity contribution in [2.24, 2.45) is 0 Å². The largest absolute Gasteiger partial charge is 0.344 e. The third-order valence-corrected chi connectivity index (χ3v) is 6.17. The minimum absolute atomic E-state index is 0.224. The highest BCUT2D eigenvalue weighted by Gasteiger charge is 2.24. The smallest absolute Gasteiger partial charge is 0.236 e. The first kappa shape index (κ1) is 18.3. The molecule has 1 aromatic carbocycles. The third kappa shape index (κ3) is 4.62. The van der Waals surface area contributed by atoms with Gasteiger partial charge in [-0.25, -0.2) is 4.39 Å². The fraction of sp³-hybridized carbons (Fsp3) is 0.526. The minimum Gasteiger partial charge on any atom is -0.344 e. The lowest BCUT2D eigenvalue weighted by Crippen LogP contribution is -2.49. The second-order valence-electron chi connectivity index (χ2n) is 7.13. The molecule has 0 spiro atoms. The van der Waals surface area contributed by atoms with Gasteiger partial charge in [0.05, 0.1) is 6.54 Å². The second-order valence-corrected chi connectivity index (χ2v) is 8.17. The van der Waals surface area contributed by atoms with Crippen molar-refractivity contribution in [1.82, 2.24) is 20.0 Å². The molecule has 1 amide bonds. The van der Waals surface area contributed by atoms with E-state index in [0.29, 0.717) is 13.0 Å². The van der Waals surface area contributed by atoms with Crippen LogP contribution in [0.5, 0.6) is 0 Å². The van der Waals surface area contributed by atoms with Crippen molar-refractivity contribution in [2.75, 3.05) is 50.7 Å². The van der Waals surface area contributed by atoms with E-state index in [-0.39, 0.29) is 11.7 Å². The fourth-order valence-corrected chi connectivity index (χ4v) is 4.50. The lowest BCUT2D eigenvalue weighted by atomic mass is 10.2. The average Bonchev–Trinajstić information content (AvgIpc) is 3.36. The Morgan fingerprint density at radius 3 is 2.41 bits per heavy atom. The Morgan fingerprint density at radius 2 is 1.70 bits per heavy atom. The molecule has 0 unspecified atom stereocenters. The number of aromatic nitrogens is 2. The number of rotatable bonds is 5. The molecule has 0 saturated carbocycles. The lowest BCUT2D eigenvalue weighted by molar-refractivity contribution is -0.131. The lowest BCUT2D eigenvalue weighted by Gasteiger charge is -2.34. The van der Waals surface area contributed by atoms with Crippen LogP contribution in [0.1, 0.15) is 23.4 Å². The van der Waals surface area contributed by atoms with Gasteiger partial charge in [-0.2, -0.15) is 0 Å².